The fourth-order valence-corrected chi connectivity index (χ4v) is 2.85. The van der Waals surface area contributed by atoms with Gasteiger partial charge in [0.15, 0.2) is 0 Å². The molecule has 2 rings (SSSR count). The Morgan fingerprint density at radius 3 is 2.52 bits per heavy atom. The van der Waals surface area contributed by atoms with E-state index in [0.717, 1.165) is 17.1 Å². The Morgan fingerprint density at radius 2 is 1.90 bits per heavy atom. The standard InChI is InChI=1S/C17H19NO2S/c1-12-4-7-15(8-5-12)21-11-14-10-13(17(19)18-2)6-9-16(14)20-3/h4-10H,11H2,1-3H3,(H,18,19). The van der Waals surface area contributed by atoms with Crippen molar-refractivity contribution >= 4 is 17.7 Å². The number of hydrogen-bond donors (Lipinski definition) is 1. The predicted molar refractivity (Wildman–Crippen MR) is 87.1 cm³/mol. The Kier molecular flexibility index (Phi) is 5.28. The minimum Gasteiger partial charge on any atom is -0.496 e. The lowest BCUT2D eigenvalue weighted by Crippen LogP contribution is -2.17. The maximum atomic E-state index is 11.7. The first kappa shape index (κ1) is 15.4. The van der Waals surface area contributed by atoms with Crippen LogP contribution in [0, 0.1) is 6.92 Å². The van der Waals surface area contributed by atoms with E-state index >= 15 is 0 Å². The van der Waals surface area contributed by atoms with Crippen molar-refractivity contribution in [3.05, 3.63) is 59.2 Å². The van der Waals surface area contributed by atoms with Crippen LogP contribution in [-0.2, 0) is 5.75 Å². The highest BCUT2D eigenvalue weighted by Gasteiger charge is 2.09. The van der Waals surface area contributed by atoms with E-state index in [2.05, 4.69) is 36.5 Å². The Hall–Kier alpha value is -1.94. The molecule has 0 saturated carbocycles. The number of thioether (sulfide) groups is 1. The first-order valence-electron chi connectivity index (χ1n) is 6.72. The normalized spacial score (nSPS) is 10.2. The molecule has 2 aromatic rings. The number of nitrogens with one attached hydrogen (secondary N) is 1. The number of carbonyl (C=O) groups excluding carboxylic acids is 1. The molecule has 0 aromatic heterocycles. The second kappa shape index (κ2) is 7.18. The number of hydrogen-bond acceptors (Lipinski definition) is 3. The van der Waals surface area contributed by atoms with Crippen molar-refractivity contribution < 1.29 is 9.53 Å². The molecule has 0 spiro atoms. The van der Waals surface area contributed by atoms with Crippen LogP contribution in [0.1, 0.15) is 21.5 Å². The second-order valence-electron chi connectivity index (χ2n) is 4.71. The minimum atomic E-state index is -0.0840. The summed E-state index contributed by atoms with van der Waals surface area (Å²) in [4.78, 5) is 12.9. The topological polar surface area (TPSA) is 38.3 Å². The van der Waals surface area contributed by atoms with Crippen molar-refractivity contribution in [3.8, 4) is 5.75 Å². The van der Waals surface area contributed by atoms with Crippen LogP contribution in [0.2, 0.25) is 0 Å². The average molecular weight is 301 g/mol. The van der Waals surface area contributed by atoms with Crippen LogP contribution >= 0.6 is 11.8 Å². The molecule has 0 radical (unpaired) electrons. The van der Waals surface area contributed by atoms with Crippen molar-refractivity contribution in [1.82, 2.24) is 5.32 Å². The van der Waals surface area contributed by atoms with E-state index < -0.39 is 0 Å². The van der Waals surface area contributed by atoms with Crippen molar-refractivity contribution in [1.29, 1.82) is 0 Å². The van der Waals surface area contributed by atoms with Crippen LogP contribution in [-0.4, -0.2) is 20.1 Å². The molecule has 21 heavy (non-hydrogen) atoms. The lowest BCUT2D eigenvalue weighted by Gasteiger charge is -2.10. The summed E-state index contributed by atoms with van der Waals surface area (Å²) in [6, 6.07) is 13.9. The highest BCUT2D eigenvalue weighted by Crippen LogP contribution is 2.29. The summed E-state index contributed by atoms with van der Waals surface area (Å²) in [6.07, 6.45) is 0. The third kappa shape index (κ3) is 4.02. The summed E-state index contributed by atoms with van der Waals surface area (Å²) in [5.41, 5.74) is 2.92. The molecule has 0 aliphatic carbocycles. The van der Waals surface area contributed by atoms with Crippen LogP contribution in [0.5, 0.6) is 5.75 Å². The van der Waals surface area contributed by atoms with E-state index in [0.29, 0.717) is 5.56 Å². The Morgan fingerprint density at radius 1 is 1.19 bits per heavy atom. The number of carbonyl (C=O) groups is 1. The van der Waals surface area contributed by atoms with Gasteiger partial charge in [-0.05, 0) is 37.3 Å². The molecule has 0 heterocycles. The molecule has 0 bridgehead atoms. The van der Waals surface area contributed by atoms with Gasteiger partial charge in [0.1, 0.15) is 5.75 Å². The van der Waals surface area contributed by atoms with Crippen molar-refractivity contribution in [2.45, 2.75) is 17.6 Å². The van der Waals surface area contributed by atoms with E-state index in [4.69, 9.17) is 4.74 Å². The summed E-state index contributed by atoms with van der Waals surface area (Å²) >= 11 is 1.73. The Bertz CT molecular complexity index is 623. The van der Waals surface area contributed by atoms with Gasteiger partial charge in [-0.15, -0.1) is 11.8 Å². The summed E-state index contributed by atoms with van der Waals surface area (Å²) in [7, 11) is 3.28. The third-order valence-corrected chi connectivity index (χ3v) is 4.25. The second-order valence-corrected chi connectivity index (χ2v) is 5.76. The quantitative estimate of drug-likeness (QED) is 0.857. The number of rotatable bonds is 5. The number of benzene rings is 2. The van der Waals surface area contributed by atoms with Crippen molar-refractivity contribution in [2.24, 2.45) is 0 Å². The van der Waals surface area contributed by atoms with Gasteiger partial charge in [0.2, 0.25) is 0 Å². The maximum Gasteiger partial charge on any atom is 0.251 e. The van der Waals surface area contributed by atoms with E-state index in [-0.39, 0.29) is 5.91 Å². The van der Waals surface area contributed by atoms with E-state index in [9.17, 15) is 4.79 Å². The molecular formula is C17H19NO2S. The van der Waals surface area contributed by atoms with Gasteiger partial charge in [0.25, 0.3) is 5.91 Å². The zero-order valence-electron chi connectivity index (χ0n) is 12.5. The van der Waals surface area contributed by atoms with Gasteiger partial charge in [-0.25, -0.2) is 0 Å². The fourth-order valence-electron chi connectivity index (χ4n) is 1.97. The SMILES string of the molecule is CNC(=O)c1ccc(OC)c(CSc2ccc(C)cc2)c1. The van der Waals surface area contributed by atoms with Gasteiger partial charge < -0.3 is 10.1 Å². The lowest BCUT2D eigenvalue weighted by molar-refractivity contribution is 0.0963. The van der Waals surface area contributed by atoms with Gasteiger partial charge in [-0.3, -0.25) is 4.79 Å². The molecule has 0 unspecified atom stereocenters. The number of methoxy groups -OCH3 is 1. The molecule has 2 aromatic carbocycles. The minimum absolute atomic E-state index is 0.0840. The molecule has 4 heteroatoms. The summed E-state index contributed by atoms with van der Waals surface area (Å²) in [5, 5.41) is 2.64. The molecule has 0 aliphatic heterocycles. The molecule has 1 N–H and O–H groups in total. The monoisotopic (exact) mass is 301 g/mol. The van der Waals surface area contributed by atoms with Crippen LogP contribution in [0.25, 0.3) is 0 Å². The van der Waals surface area contributed by atoms with Crippen LogP contribution in [0.15, 0.2) is 47.4 Å². The van der Waals surface area contributed by atoms with E-state index in [1.165, 1.54) is 10.5 Å². The molecule has 0 fully saturated rings. The number of ether oxygens (including phenoxy) is 1. The largest absolute Gasteiger partial charge is 0.496 e. The zero-order valence-corrected chi connectivity index (χ0v) is 13.3. The van der Waals surface area contributed by atoms with E-state index in [1.54, 1.807) is 32.0 Å². The molecule has 0 aliphatic rings. The van der Waals surface area contributed by atoms with Gasteiger partial charge in [0, 0.05) is 28.8 Å². The van der Waals surface area contributed by atoms with E-state index in [1.807, 2.05) is 12.1 Å². The zero-order chi connectivity index (χ0) is 15.2. The molecular weight excluding hydrogens is 282 g/mol. The van der Waals surface area contributed by atoms with Crippen LogP contribution < -0.4 is 10.1 Å². The molecule has 3 nitrogen and oxygen atoms in total. The number of aryl methyl sites for hydroxylation is 1. The highest BCUT2D eigenvalue weighted by molar-refractivity contribution is 7.98. The van der Waals surface area contributed by atoms with Crippen molar-refractivity contribution in [2.75, 3.05) is 14.2 Å². The lowest BCUT2D eigenvalue weighted by atomic mass is 10.1. The van der Waals surface area contributed by atoms with Crippen LogP contribution in [0.4, 0.5) is 0 Å². The van der Waals surface area contributed by atoms with Gasteiger partial charge in [-0.1, -0.05) is 17.7 Å². The summed E-state index contributed by atoms with van der Waals surface area (Å²) in [6.45, 7) is 2.07. The predicted octanol–water partition coefficient (Wildman–Crippen LogP) is 3.66. The molecule has 110 valence electrons. The maximum absolute atomic E-state index is 11.7. The fraction of sp³-hybridized carbons (Fsp3) is 0.235. The molecule has 0 saturated heterocycles. The van der Waals surface area contributed by atoms with Gasteiger partial charge in [-0.2, -0.15) is 0 Å². The highest BCUT2D eigenvalue weighted by atomic mass is 32.2. The van der Waals surface area contributed by atoms with Gasteiger partial charge in [0.05, 0.1) is 7.11 Å². The van der Waals surface area contributed by atoms with Crippen LogP contribution in [0.3, 0.4) is 0 Å². The first-order valence-corrected chi connectivity index (χ1v) is 7.71. The Balaban J connectivity index is 2.17. The average Bonchev–Trinajstić information content (AvgIpc) is 2.53. The first-order chi connectivity index (χ1) is 10.1. The van der Waals surface area contributed by atoms with Crippen molar-refractivity contribution in [3.63, 3.8) is 0 Å². The third-order valence-electron chi connectivity index (χ3n) is 3.18. The summed E-state index contributed by atoms with van der Waals surface area (Å²) < 4.78 is 5.38. The summed E-state index contributed by atoms with van der Waals surface area (Å²) in [5.74, 6) is 1.48. The molecule has 0 atom stereocenters. The van der Waals surface area contributed by atoms with Gasteiger partial charge >= 0.3 is 0 Å². The molecule has 1 amide bonds. The smallest absolute Gasteiger partial charge is 0.251 e. The Labute approximate surface area is 129 Å². The number of amides is 1.